The summed E-state index contributed by atoms with van der Waals surface area (Å²) in [4.78, 5) is 4.00. The SMILES string of the molecule is CCNC(=NCCCS(C)(=O)=O)NCCC(F)(F)F.I. The van der Waals surface area contributed by atoms with Crippen molar-refractivity contribution in [1.29, 1.82) is 0 Å². The van der Waals surface area contributed by atoms with E-state index in [4.69, 9.17) is 0 Å². The molecule has 0 bridgehead atoms. The maximum atomic E-state index is 12.0. The molecule has 0 spiro atoms. The van der Waals surface area contributed by atoms with E-state index < -0.39 is 22.4 Å². The topological polar surface area (TPSA) is 70.6 Å². The van der Waals surface area contributed by atoms with Crippen LogP contribution in [0.5, 0.6) is 0 Å². The van der Waals surface area contributed by atoms with Gasteiger partial charge in [-0.1, -0.05) is 0 Å². The van der Waals surface area contributed by atoms with Crippen LogP contribution in [0, 0.1) is 0 Å². The first kappa shape index (κ1) is 22.0. The minimum atomic E-state index is -4.21. The van der Waals surface area contributed by atoms with Crippen molar-refractivity contribution in [3.63, 3.8) is 0 Å². The lowest BCUT2D eigenvalue weighted by atomic mass is 10.4. The van der Waals surface area contributed by atoms with Gasteiger partial charge in [0, 0.05) is 25.9 Å². The Morgan fingerprint density at radius 1 is 1.25 bits per heavy atom. The molecule has 20 heavy (non-hydrogen) atoms. The molecular weight excluding hydrogens is 410 g/mol. The predicted octanol–water partition coefficient (Wildman–Crippen LogP) is 1.55. The van der Waals surface area contributed by atoms with Crippen molar-refractivity contribution in [1.82, 2.24) is 10.6 Å². The first-order valence-electron chi connectivity index (χ1n) is 5.90. The molecule has 2 N–H and O–H groups in total. The molecule has 10 heteroatoms. The fraction of sp³-hybridized carbons (Fsp3) is 0.900. The van der Waals surface area contributed by atoms with E-state index in [1.807, 2.05) is 0 Å². The fourth-order valence-corrected chi connectivity index (χ4v) is 1.84. The number of alkyl halides is 3. The Kier molecular flexibility index (Phi) is 11.5. The first-order chi connectivity index (χ1) is 8.64. The van der Waals surface area contributed by atoms with Gasteiger partial charge in [0.2, 0.25) is 0 Å². The Morgan fingerprint density at radius 2 is 1.85 bits per heavy atom. The van der Waals surface area contributed by atoms with Gasteiger partial charge in [-0.2, -0.15) is 13.2 Å². The van der Waals surface area contributed by atoms with Gasteiger partial charge < -0.3 is 10.6 Å². The zero-order chi connectivity index (χ0) is 14.9. The minimum absolute atomic E-state index is 0. The van der Waals surface area contributed by atoms with Gasteiger partial charge >= 0.3 is 6.18 Å². The van der Waals surface area contributed by atoms with Crippen molar-refractivity contribution in [2.75, 3.05) is 31.6 Å². The van der Waals surface area contributed by atoms with Crippen molar-refractivity contribution in [3.8, 4) is 0 Å². The molecule has 0 atom stereocenters. The van der Waals surface area contributed by atoms with Gasteiger partial charge in [0.25, 0.3) is 0 Å². The molecule has 0 aromatic rings. The van der Waals surface area contributed by atoms with Gasteiger partial charge in [0.1, 0.15) is 9.84 Å². The van der Waals surface area contributed by atoms with Crippen molar-refractivity contribution in [2.45, 2.75) is 25.9 Å². The summed E-state index contributed by atoms with van der Waals surface area (Å²) in [5, 5.41) is 5.33. The van der Waals surface area contributed by atoms with Gasteiger partial charge in [-0.25, -0.2) is 8.42 Å². The monoisotopic (exact) mass is 431 g/mol. The third kappa shape index (κ3) is 15.8. The van der Waals surface area contributed by atoms with Crippen LogP contribution in [0.25, 0.3) is 0 Å². The lowest BCUT2D eigenvalue weighted by Crippen LogP contribution is -2.39. The summed E-state index contributed by atoms with van der Waals surface area (Å²) in [7, 11) is -3.03. The largest absolute Gasteiger partial charge is 0.390 e. The predicted molar refractivity (Wildman–Crippen MR) is 84.4 cm³/mol. The van der Waals surface area contributed by atoms with Crippen LogP contribution in [-0.4, -0.2) is 52.2 Å². The van der Waals surface area contributed by atoms with Crippen molar-refractivity contribution >= 4 is 39.8 Å². The summed E-state index contributed by atoms with van der Waals surface area (Å²) in [6, 6.07) is 0. The van der Waals surface area contributed by atoms with E-state index >= 15 is 0 Å². The molecule has 0 aromatic carbocycles. The number of aliphatic imine (C=N–C) groups is 1. The lowest BCUT2D eigenvalue weighted by Gasteiger charge is -2.12. The Hall–Kier alpha value is -0.260. The molecule has 122 valence electrons. The number of guanidine groups is 1. The third-order valence-corrected chi connectivity index (χ3v) is 3.02. The number of sulfone groups is 1. The number of nitrogens with one attached hydrogen (secondary N) is 2. The summed E-state index contributed by atoms with van der Waals surface area (Å²) < 4.78 is 57.6. The van der Waals surface area contributed by atoms with Crippen molar-refractivity contribution in [3.05, 3.63) is 0 Å². The molecular formula is C10H21F3IN3O2S. The Morgan fingerprint density at radius 3 is 2.30 bits per heavy atom. The van der Waals surface area contributed by atoms with E-state index in [1.54, 1.807) is 6.92 Å². The summed E-state index contributed by atoms with van der Waals surface area (Å²) in [5.74, 6) is 0.276. The highest BCUT2D eigenvalue weighted by molar-refractivity contribution is 14.0. The van der Waals surface area contributed by atoms with Crippen LogP contribution in [0.1, 0.15) is 19.8 Å². The van der Waals surface area contributed by atoms with Gasteiger partial charge in [-0.15, -0.1) is 24.0 Å². The van der Waals surface area contributed by atoms with Crippen molar-refractivity contribution in [2.24, 2.45) is 4.99 Å². The number of rotatable bonds is 7. The van der Waals surface area contributed by atoms with Crippen LogP contribution in [0.3, 0.4) is 0 Å². The van der Waals surface area contributed by atoms with E-state index in [0.29, 0.717) is 13.0 Å². The van der Waals surface area contributed by atoms with Crippen LogP contribution < -0.4 is 10.6 Å². The van der Waals surface area contributed by atoms with E-state index in [2.05, 4.69) is 15.6 Å². The fourth-order valence-electron chi connectivity index (χ4n) is 1.18. The minimum Gasteiger partial charge on any atom is -0.357 e. The van der Waals surface area contributed by atoms with E-state index in [-0.39, 0.29) is 48.8 Å². The van der Waals surface area contributed by atoms with E-state index in [0.717, 1.165) is 6.26 Å². The summed E-state index contributed by atoms with van der Waals surface area (Å²) >= 11 is 0. The molecule has 0 aliphatic rings. The molecule has 0 aliphatic carbocycles. The van der Waals surface area contributed by atoms with Crippen molar-refractivity contribution < 1.29 is 21.6 Å². The zero-order valence-corrected chi connectivity index (χ0v) is 14.6. The molecule has 0 fully saturated rings. The summed E-state index contributed by atoms with van der Waals surface area (Å²) in [6.45, 7) is 2.29. The number of hydrogen-bond donors (Lipinski definition) is 2. The number of nitrogens with zero attached hydrogens (tertiary/aromatic N) is 1. The molecule has 0 aromatic heterocycles. The lowest BCUT2D eigenvalue weighted by molar-refractivity contribution is -0.132. The summed E-state index contributed by atoms with van der Waals surface area (Å²) in [5.41, 5.74) is 0. The Balaban J connectivity index is 0. The second-order valence-electron chi connectivity index (χ2n) is 4.04. The van der Waals surface area contributed by atoms with Crippen LogP contribution in [-0.2, 0) is 9.84 Å². The maximum absolute atomic E-state index is 12.0. The smallest absolute Gasteiger partial charge is 0.357 e. The van der Waals surface area contributed by atoms with Gasteiger partial charge in [0.05, 0.1) is 12.2 Å². The highest BCUT2D eigenvalue weighted by Crippen LogP contribution is 2.17. The Bertz CT molecular complexity index is 386. The first-order valence-corrected chi connectivity index (χ1v) is 7.97. The number of hydrogen-bond acceptors (Lipinski definition) is 3. The standard InChI is InChI=1S/C10H20F3N3O2S.HI/c1-3-14-9(16-7-5-10(11,12)13)15-6-4-8-19(2,17)18;/h3-8H2,1-2H3,(H2,14,15,16);1H. The number of halogens is 4. The molecule has 0 heterocycles. The molecule has 0 rings (SSSR count). The molecule has 0 saturated carbocycles. The second-order valence-corrected chi connectivity index (χ2v) is 6.30. The zero-order valence-electron chi connectivity index (χ0n) is 11.5. The average molecular weight is 431 g/mol. The second kappa shape index (κ2) is 10.5. The van der Waals surface area contributed by atoms with Crippen LogP contribution in [0.15, 0.2) is 4.99 Å². The molecule has 0 unspecified atom stereocenters. The molecule has 0 radical (unpaired) electrons. The Labute approximate surface area is 134 Å². The normalized spacial score (nSPS) is 12.8. The van der Waals surface area contributed by atoms with E-state index in [9.17, 15) is 21.6 Å². The van der Waals surface area contributed by atoms with E-state index in [1.165, 1.54) is 0 Å². The van der Waals surface area contributed by atoms with Gasteiger partial charge in [-0.05, 0) is 13.3 Å². The molecule has 5 nitrogen and oxygen atoms in total. The van der Waals surface area contributed by atoms with Gasteiger partial charge in [0.15, 0.2) is 5.96 Å². The average Bonchev–Trinajstić information content (AvgIpc) is 2.21. The third-order valence-electron chi connectivity index (χ3n) is 1.99. The van der Waals surface area contributed by atoms with Gasteiger partial charge in [-0.3, -0.25) is 4.99 Å². The van der Waals surface area contributed by atoms with Crippen LogP contribution >= 0.6 is 24.0 Å². The van der Waals surface area contributed by atoms with Crippen LogP contribution in [0.2, 0.25) is 0 Å². The molecule has 0 aliphatic heterocycles. The molecule has 0 saturated heterocycles. The quantitative estimate of drug-likeness (QED) is 0.278. The highest BCUT2D eigenvalue weighted by atomic mass is 127. The summed E-state index contributed by atoms with van der Waals surface area (Å²) in [6.07, 6.45) is -3.68. The van der Waals surface area contributed by atoms with Crippen LogP contribution in [0.4, 0.5) is 13.2 Å². The maximum Gasteiger partial charge on any atom is 0.390 e. The molecule has 0 amide bonds. The highest BCUT2D eigenvalue weighted by Gasteiger charge is 2.26.